The van der Waals surface area contributed by atoms with Crippen LogP contribution in [0.25, 0.3) is 11.1 Å². The summed E-state index contributed by atoms with van der Waals surface area (Å²) in [7, 11) is 0. The van der Waals surface area contributed by atoms with E-state index in [9.17, 15) is 0 Å². The van der Waals surface area contributed by atoms with Crippen LogP contribution in [0, 0.1) is 18.3 Å². The maximum Gasteiger partial charge on any atom is 0.140 e. The molecule has 1 aromatic heterocycles. The van der Waals surface area contributed by atoms with Gasteiger partial charge in [0, 0.05) is 17.3 Å². The maximum absolute atomic E-state index is 8.79. The third kappa shape index (κ3) is 2.79. The molecule has 100 valence electrons. The summed E-state index contributed by atoms with van der Waals surface area (Å²) in [6.07, 6.45) is 1.92. The summed E-state index contributed by atoms with van der Waals surface area (Å²) in [5.41, 5.74) is 3.47. The van der Waals surface area contributed by atoms with Crippen LogP contribution in [0.5, 0.6) is 5.75 Å². The lowest BCUT2D eigenvalue weighted by molar-refractivity contribution is 0.264. The summed E-state index contributed by atoms with van der Waals surface area (Å²) >= 11 is 0. The van der Waals surface area contributed by atoms with Crippen LogP contribution < -0.4 is 4.74 Å². The Hall–Kier alpha value is -2.38. The Balaban J connectivity index is 1.91. The Bertz CT molecular complexity index is 655. The van der Waals surface area contributed by atoms with Crippen LogP contribution >= 0.6 is 0 Å². The second-order valence-corrected chi connectivity index (χ2v) is 4.81. The van der Waals surface area contributed by atoms with Gasteiger partial charge in [0.25, 0.3) is 0 Å². The van der Waals surface area contributed by atoms with Crippen molar-refractivity contribution < 1.29 is 9.47 Å². The van der Waals surface area contributed by atoms with E-state index < -0.39 is 0 Å². The van der Waals surface area contributed by atoms with E-state index in [1.54, 1.807) is 12.3 Å². The first-order chi connectivity index (χ1) is 9.76. The quantitative estimate of drug-likeness (QED) is 0.798. The molecule has 0 amide bonds. The largest absolute Gasteiger partial charge is 0.490 e. The van der Waals surface area contributed by atoms with E-state index in [0.717, 1.165) is 29.0 Å². The molecule has 1 aromatic carbocycles. The molecule has 0 saturated carbocycles. The summed E-state index contributed by atoms with van der Waals surface area (Å²) in [4.78, 5) is 4.10. The van der Waals surface area contributed by atoms with Crippen LogP contribution in [0.1, 0.15) is 11.3 Å². The van der Waals surface area contributed by atoms with Crippen molar-refractivity contribution in [2.45, 2.75) is 13.0 Å². The molecule has 1 atom stereocenters. The van der Waals surface area contributed by atoms with Crippen molar-refractivity contribution in [1.82, 2.24) is 4.98 Å². The van der Waals surface area contributed by atoms with E-state index >= 15 is 0 Å². The number of hydrogen-bond acceptors (Lipinski definition) is 4. The minimum Gasteiger partial charge on any atom is -0.490 e. The van der Waals surface area contributed by atoms with E-state index in [0.29, 0.717) is 12.3 Å². The van der Waals surface area contributed by atoms with Gasteiger partial charge in [-0.15, -0.1) is 0 Å². The predicted octanol–water partition coefficient (Wildman–Crippen LogP) is 2.71. The molecule has 20 heavy (non-hydrogen) atoms. The smallest absolute Gasteiger partial charge is 0.140 e. The Morgan fingerprint density at radius 2 is 2.25 bits per heavy atom. The average Bonchev–Trinajstić information content (AvgIpc) is 3.30. The molecule has 0 bridgehead atoms. The second-order valence-electron chi connectivity index (χ2n) is 4.81. The van der Waals surface area contributed by atoms with E-state index in [1.807, 2.05) is 37.3 Å². The van der Waals surface area contributed by atoms with Crippen LogP contribution in [-0.4, -0.2) is 24.3 Å². The van der Waals surface area contributed by atoms with Gasteiger partial charge in [0.15, 0.2) is 0 Å². The molecule has 0 spiro atoms. The van der Waals surface area contributed by atoms with Crippen molar-refractivity contribution in [2.75, 3.05) is 13.2 Å². The molecule has 0 N–H and O–H groups in total. The molecular weight excluding hydrogens is 252 g/mol. The first-order valence-electron chi connectivity index (χ1n) is 6.48. The van der Waals surface area contributed by atoms with Crippen molar-refractivity contribution in [1.29, 1.82) is 5.26 Å². The lowest BCUT2D eigenvalue weighted by atomic mass is 10.0. The number of ether oxygens (including phenoxy) is 2. The van der Waals surface area contributed by atoms with Crippen LogP contribution in [0.15, 0.2) is 36.5 Å². The Labute approximate surface area is 117 Å². The zero-order chi connectivity index (χ0) is 13.9. The standard InChI is InChI=1S/C16H14N2O2/c1-11-2-5-15(12-3-4-13(7-17)18-8-12)16(6-11)20-10-14-9-19-14/h2-6,8,14H,9-10H2,1H3/t14-/m0/s1. The van der Waals surface area contributed by atoms with Gasteiger partial charge >= 0.3 is 0 Å². The molecule has 0 aliphatic carbocycles. The van der Waals surface area contributed by atoms with Gasteiger partial charge in [0.2, 0.25) is 0 Å². The highest BCUT2D eigenvalue weighted by molar-refractivity contribution is 5.70. The maximum atomic E-state index is 8.79. The lowest BCUT2D eigenvalue weighted by Crippen LogP contribution is -2.05. The highest BCUT2D eigenvalue weighted by Gasteiger charge is 2.23. The zero-order valence-electron chi connectivity index (χ0n) is 11.2. The minimum absolute atomic E-state index is 0.224. The first-order valence-corrected chi connectivity index (χ1v) is 6.48. The molecule has 1 fully saturated rings. The number of aromatic nitrogens is 1. The number of hydrogen-bond donors (Lipinski definition) is 0. The van der Waals surface area contributed by atoms with Gasteiger partial charge in [-0.1, -0.05) is 12.1 Å². The fourth-order valence-electron chi connectivity index (χ4n) is 1.95. The molecule has 1 aliphatic rings. The summed E-state index contributed by atoms with van der Waals surface area (Å²) in [6.45, 7) is 3.38. The van der Waals surface area contributed by atoms with Gasteiger partial charge < -0.3 is 9.47 Å². The van der Waals surface area contributed by atoms with Gasteiger partial charge in [0.1, 0.15) is 30.2 Å². The lowest BCUT2D eigenvalue weighted by Gasteiger charge is -2.11. The van der Waals surface area contributed by atoms with Gasteiger partial charge in [-0.25, -0.2) is 4.98 Å². The second kappa shape index (κ2) is 5.32. The molecule has 4 heteroatoms. The summed E-state index contributed by atoms with van der Waals surface area (Å²) in [5.74, 6) is 0.826. The van der Waals surface area contributed by atoms with Crippen molar-refractivity contribution in [3.63, 3.8) is 0 Å². The predicted molar refractivity (Wildman–Crippen MR) is 74.4 cm³/mol. The topological polar surface area (TPSA) is 58.4 Å². The number of nitriles is 1. The van der Waals surface area contributed by atoms with Gasteiger partial charge in [-0.05, 0) is 30.7 Å². The van der Waals surface area contributed by atoms with Gasteiger partial charge in [-0.2, -0.15) is 5.26 Å². The van der Waals surface area contributed by atoms with Crippen molar-refractivity contribution in [3.8, 4) is 22.9 Å². The SMILES string of the molecule is Cc1ccc(-c2ccc(C#N)nc2)c(OC[C@@H]2CO2)c1. The number of pyridine rings is 1. The van der Waals surface area contributed by atoms with Gasteiger partial charge in [0.05, 0.1) is 6.61 Å². The molecule has 0 unspecified atom stereocenters. The van der Waals surface area contributed by atoms with Crippen molar-refractivity contribution in [3.05, 3.63) is 47.8 Å². The third-order valence-electron chi connectivity index (χ3n) is 3.15. The highest BCUT2D eigenvalue weighted by atomic mass is 16.6. The summed E-state index contributed by atoms with van der Waals surface area (Å²) in [6, 6.07) is 11.7. The normalized spacial score (nSPS) is 16.5. The molecule has 2 heterocycles. The fourth-order valence-corrected chi connectivity index (χ4v) is 1.95. The molecule has 4 nitrogen and oxygen atoms in total. The van der Waals surface area contributed by atoms with Crippen LogP contribution in [-0.2, 0) is 4.74 Å². The first kappa shape index (κ1) is 12.6. The molecular formula is C16H14N2O2. The van der Waals surface area contributed by atoms with Crippen molar-refractivity contribution >= 4 is 0 Å². The summed E-state index contributed by atoms with van der Waals surface area (Å²) < 4.78 is 11.0. The number of nitrogens with zero attached hydrogens (tertiary/aromatic N) is 2. The van der Waals surface area contributed by atoms with E-state index in [2.05, 4.69) is 4.98 Å². The highest BCUT2D eigenvalue weighted by Crippen LogP contribution is 2.31. The van der Waals surface area contributed by atoms with E-state index in [-0.39, 0.29) is 6.10 Å². The minimum atomic E-state index is 0.224. The molecule has 2 aromatic rings. The molecule has 1 aliphatic heterocycles. The Kier molecular flexibility index (Phi) is 3.36. The molecule has 0 radical (unpaired) electrons. The number of aryl methyl sites for hydroxylation is 1. The number of rotatable bonds is 4. The van der Waals surface area contributed by atoms with E-state index in [4.69, 9.17) is 14.7 Å². The average molecular weight is 266 g/mol. The van der Waals surface area contributed by atoms with E-state index in [1.165, 1.54) is 0 Å². The Morgan fingerprint density at radius 3 is 2.90 bits per heavy atom. The van der Waals surface area contributed by atoms with Crippen LogP contribution in [0.2, 0.25) is 0 Å². The summed E-state index contributed by atoms with van der Waals surface area (Å²) in [5, 5.41) is 8.79. The number of epoxide rings is 1. The van der Waals surface area contributed by atoms with Crippen LogP contribution in [0.3, 0.4) is 0 Å². The fraction of sp³-hybridized carbons (Fsp3) is 0.250. The Morgan fingerprint density at radius 1 is 1.40 bits per heavy atom. The number of benzene rings is 1. The zero-order valence-corrected chi connectivity index (χ0v) is 11.2. The van der Waals surface area contributed by atoms with Crippen molar-refractivity contribution in [2.24, 2.45) is 0 Å². The monoisotopic (exact) mass is 266 g/mol. The van der Waals surface area contributed by atoms with Gasteiger partial charge in [-0.3, -0.25) is 0 Å². The third-order valence-corrected chi connectivity index (χ3v) is 3.15. The molecule has 1 saturated heterocycles. The molecule has 3 rings (SSSR count). The van der Waals surface area contributed by atoms with Crippen LogP contribution in [0.4, 0.5) is 0 Å².